The lowest BCUT2D eigenvalue weighted by atomic mass is 10.1. The molecule has 1 aromatic rings. The van der Waals surface area contributed by atoms with E-state index in [1.807, 2.05) is 20.0 Å². The van der Waals surface area contributed by atoms with Crippen molar-refractivity contribution in [2.45, 2.75) is 45.6 Å². The van der Waals surface area contributed by atoms with E-state index in [0.717, 1.165) is 31.4 Å². The van der Waals surface area contributed by atoms with E-state index in [1.165, 1.54) is 5.56 Å². The number of aryl methyl sites for hydroxylation is 2. The normalized spacial score (nSPS) is 12.4. The number of H-pyrrole nitrogens is 1. The van der Waals surface area contributed by atoms with Gasteiger partial charge in [-0.25, -0.2) is 0 Å². The number of carbonyl (C=O) groups is 1. The molecule has 1 unspecified atom stereocenters. The summed E-state index contributed by atoms with van der Waals surface area (Å²) in [6, 6.07) is -0.365. The summed E-state index contributed by atoms with van der Waals surface area (Å²) in [5.74, 6) is -0.0456. The van der Waals surface area contributed by atoms with Gasteiger partial charge < -0.3 is 11.1 Å². The molecule has 0 aliphatic heterocycles. The van der Waals surface area contributed by atoms with Crippen LogP contribution in [0.25, 0.3) is 0 Å². The zero-order valence-corrected chi connectivity index (χ0v) is 10.6. The maximum atomic E-state index is 11.5. The van der Waals surface area contributed by atoms with Crippen LogP contribution in [-0.2, 0) is 11.2 Å². The van der Waals surface area contributed by atoms with Crippen LogP contribution in [0.3, 0.4) is 0 Å². The molecule has 0 spiro atoms. The maximum absolute atomic E-state index is 11.5. The fourth-order valence-electron chi connectivity index (χ4n) is 1.69. The molecule has 0 aliphatic carbocycles. The molecule has 0 saturated heterocycles. The Labute approximate surface area is 102 Å². The lowest BCUT2D eigenvalue weighted by Crippen LogP contribution is -2.40. The molecule has 96 valence electrons. The summed E-state index contributed by atoms with van der Waals surface area (Å²) in [7, 11) is 0. The summed E-state index contributed by atoms with van der Waals surface area (Å²) in [6.45, 7) is 4.69. The molecule has 1 atom stereocenters. The average molecular weight is 238 g/mol. The molecule has 4 N–H and O–H groups in total. The molecule has 0 saturated carbocycles. The van der Waals surface area contributed by atoms with Crippen LogP contribution < -0.4 is 11.1 Å². The van der Waals surface area contributed by atoms with Crippen molar-refractivity contribution in [3.8, 4) is 0 Å². The lowest BCUT2D eigenvalue weighted by Gasteiger charge is -2.10. The second-order valence-corrected chi connectivity index (χ2v) is 4.31. The van der Waals surface area contributed by atoms with Crippen LogP contribution in [-0.4, -0.2) is 28.7 Å². The first-order chi connectivity index (χ1) is 8.15. The molecule has 1 aromatic heterocycles. The third-order valence-corrected chi connectivity index (χ3v) is 2.79. The highest BCUT2D eigenvalue weighted by Crippen LogP contribution is 2.05. The highest BCUT2D eigenvalue weighted by molar-refractivity contribution is 5.81. The molecule has 0 bridgehead atoms. The second-order valence-electron chi connectivity index (χ2n) is 4.31. The third kappa shape index (κ3) is 4.56. The zero-order chi connectivity index (χ0) is 12.7. The number of hydrogen-bond donors (Lipinski definition) is 3. The molecule has 1 rings (SSSR count). The molecule has 0 aliphatic rings. The first kappa shape index (κ1) is 13.7. The van der Waals surface area contributed by atoms with E-state index in [2.05, 4.69) is 15.5 Å². The highest BCUT2D eigenvalue weighted by atomic mass is 16.2. The van der Waals surface area contributed by atoms with Crippen LogP contribution in [0.4, 0.5) is 0 Å². The van der Waals surface area contributed by atoms with Gasteiger partial charge in [0, 0.05) is 12.2 Å². The van der Waals surface area contributed by atoms with Gasteiger partial charge >= 0.3 is 0 Å². The van der Waals surface area contributed by atoms with Gasteiger partial charge in [0.25, 0.3) is 0 Å². The molecular weight excluding hydrogens is 216 g/mol. The number of nitrogens with two attached hydrogens (primary N) is 1. The predicted octanol–water partition coefficient (Wildman–Crippen LogP) is 0.894. The largest absolute Gasteiger partial charge is 0.355 e. The molecule has 1 amide bonds. The monoisotopic (exact) mass is 238 g/mol. The Balaban J connectivity index is 2.16. The fourth-order valence-corrected chi connectivity index (χ4v) is 1.69. The zero-order valence-electron chi connectivity index (χ0n) is 10.6. The topological polar surface area (TPSA) is 83.8 Å². The van der Waals surface area contributed by atoms with E-state index >= 15 is 0 Å². The Bertz CT molecular complexity index is 348. The van der Waals surface area contributed by atoms with Crippen LogP contribution in [0.2, 0.25) is 0 Å². The van der Waals surface area contributed by atoms with Gasteiger partial charge in [-0.05, 0) is 31.7 Å². The number of carbonyl (C=O) groups excluding carboxylic acids is 1. The van der Waals surface area contributed by atoms with Gasteiger partial charge in [-0.15, -0.1) is 0 Å². The minimum absolute atomic E-state index is 0.0456. The number of aromatic amines is 1. The molecule has 0 fully saturated rings. The number of amides is 1. The smallest absolute Gasteiger partial charge is 0.236 e. The Morgan fingerprint density at radius 3 is 3.00 bits per heavy atom. The lowest BCUT2D eigenvalue weighted by molar-refractivity contribution is -0.122. The van der Waals surface area contributed by atoms with Crippen LogP contribution >= 0.6 is 0 Å². The molecule has 1 heterocycles. The number of rotatable bonds is 7. The standard InChI is InChI=1S/C12H22N4O/c1-3-5-11(13)12(17)14-7-4-6-10-8-15-16-9(10)2/h8,11H,3-7,13H2,1-2H3,(H,14,17)(H,15,16). The van der Waals surface area contributed by atoms with E-state index in [9.17, 15) is 4.79 Å². The van der Waals surface area contributed by atoms with E-state index in [4.69, 9.17) is 5.73 Å². The van der Waals surface area contributed by atoms with Crippen molar-refractivity contribution in [3.05, 3.63) is 17.5 Å². The van der Waals surface area contributed by atoms with Crippen LogP contribution in [0.15, 0.2) is 6.20 Å². The fraction of sp³-hybridized carbons (Fsp3) is 0.667. The molecule has 17 heavy (non-hydrogen) atoms. The van der Waals surface area contributed by atoms with Gasteiger partial charge in [-0.2, -0.15) is 5.10 Å². The summed E-state index contributed by atoms with van der Waals surface area (Å²) in [6.07, 6.45) is 5.34. The minimum atomic E-state index is -0.365. The highest BCUT2D eigenvalue weighted by Gasteiger charge is 2.10. The van der Waals surface area contributed by atoms with Gasteiger partial charge in [-0.3, -0.25) is 9.89 Å². The van der Waals surface area contributed by atoms with Gasteiger partial charge in [0.15, 0.2) is 0 Å². The van der Waals surface area contributed by atoms with Crippen molar-refractivity contribution >= 4 is 5.91 Å². The summed E-state index contributed by atoms with van der Waals surface area (Å²) < 4.78 is 0. The summed E-state index contributed by atoms with van der Waals surface area (Å²) in [5, 5.41) is 9.71. The molecule has 0 radical (unpaired) electrons. The van der Waals surface area contributed by atoms with Crippen molar-refractivity contribution < 1.29 is 4.79 Å². The number of nitrogens with zero attached hydrogens (tertiary/aromatic N) is 1. The Morgan fingerprint density at radius 2 is 2.41 bits per heavy atom. The Hall–Kier alpha value is -1.36. The van der Waals surface area contributed by atoms with E-state index in [0.29, 0.717) is 6.54 Å². The van der Waals surface area contributed by atoms with Crippen molar-refractivity contribution in [3.63, 3.8) is 0 Å². The maximum Gasteiger partial charge on any atom is 0.236 e. The first-order valence-corrected chi connectivity index (χ1v) is 6.17. The predicted molar refractivity (Wildman–Crippen MR) is 67.5 cm³/mol. The third-order valence-electron chi connectivity index (χ3n) is 2.79. The average Bonchev–Trinajstić information content (AvgIpc) is 2.70. The summed E-state index contributed by atoms with van der Waals surface area (Å²) in [5.41, 5.74) is 8.00. The quantitative estimate of drug-likeness (QED) is 0.617. The summed E-state index contributed by atoms with van der Waals surface area (Å²) in [4.78, 5) is 11.5. The van der Waals surface area contributed by atoms with Gasteiger partial charge in [0.1, 0.15) is 0 Å². The number of nitrogens with one attached hydrogen (secondary N) is 2. The van der Waals surface area contributed by atoms with E-state index in [1.54, 1.807) is 0 Å². The van der Waals surface area contributed by atoms with Crippen LogP contribution in [0.5, 0.6) is 0 Å². The van der Waals surface area contributed by atoms with Gasteiger partial charge in [-0.1, -0.05) is 13.3 Å². The minimum Gasteiger partial charge on any atom is -0.355 e. The molecule has 0 aromatic carbocycles. The van der Waals surface area contributed by atoms with Crippen molar-refractivity contribution in [2.75, 3.05) is 6.54 Å². The van der Waals surface area contributed by atoms with E-state index < -0.39 is 0 Å². The molecular formula is C12H22N4O. The van der Waals surface area contributed by atoms with Gasteiger partial charge in [0.2, 0.25) is 5.91 Å². The second kappa shape index (κ2) is 7.06. The Kier molecular flexibility index (Phi) is 5.69. The van der Waals surface area contributed by atoms with Crippen molar-refractivity contribution in [1.29, 1.82) is 0 Å². The Morgan fingerprint density at radius 1 is 1.65 bits per heavy atom. The molecule has 5 heteroatoms. The van der Waals surface area contributed by atoms with Crippen molar-refractivity contribution in [1.82, 2.24) is 15.5 Å². The number of hydrogen-bond acceptors (Lipinski definition) is 3. The van der Waals surface area contributed by atoms with Crippen LogP contribution in [0, 0.1) is 6.92 Å². The first-order valence-electron chi connectivity index (χ1n) is 6.17. The van der Waals surface area contributed by atoms with Crippen LogP contribution in [0.1, 0.15) is 37.4 Å². The van der Waals surface area contributed by atoms with Gasteiger partial charge in [0.05, 0.1) is 12.2 Å². The summed E-state index contributed by atoms with van der Waals surface area (Å²) >= 11 is 0. The SMILES string of the molecule is CCCC(N)C(=O)NCCCc1cn[nH]c1C. The van der Waals surface area contributed by atoms with E-state index in [-0.39, 0.29) is 11.9 Å². The van der Waals surface area contributed by atoms with Crippen molar-refractivity contribution in [2.24, 2.45) is 5.73 Å². The number of aromatic nitrogens is 2. The molecule has 5 nitrogen and oxygen atoms in total.